The second-order valence-corrected chi connectivity index (χ2v) is 6.37. The molecule has 0 amide bonds. The van der Waals surface area contributed by atoms with Crippen molar-refractivity contribution < 1.29 is 27.9 Å². The van der Waals surface area contributed by atoms with E-state index < -0.39 is 38.3 Å². The summed E-state index contributed by atoms with van der Waals surface area (Å²) < 4.78 is 29.7. The Morgan fingerprint density at radius 2 is 2.17 bits per heavy atom. The van der Waals surface area contributed by atoms with Crippen LogP contribution in [0.4, 0.5) is 0 Å². The lowest BCUT2D eigenvalue weighted by Crippen LogP contribution is -2.30. The Morgan fingerprint density at radius 3 is 2.67 bits per heavy atom. The van der Waals surface area contributed by atoms with Gasteiger partial charge in [-0.1, -0.05) is 11.6 Å². The number of methoxy groups -OCH3 is 1. The molecule has 0 saturated carbocycles. The fraction of sp³-hybridized carbons (Fsp3) is 0.250. The average Bonchev–Trinajstić information content (AvgIpc) is 2.69. The average molecular weight is 314 g/mol. The largest absolute Gasteiger partial charge is 0.477 e. The summed E-state index contributed by atoms with van der Waals surface area (Å²) in [4.78, 5) is 20.8. The van der Waals surface area contributed by atoms with E-state index in [-0.39, 0.29) is 4.34 Å². The van der Waals surface area contributed by atoms with Gasteiger partial charge in [-0.2, -0.15) is 4.72 Å². The van der Waals surface area contributed by atoms with Gasteiger partial charge in [0.05, 0.1) is 11.4 Å². The Labute approximate surface area is 111 Å². The first kappa shape index (κ1) is 14.9. The van der Waals surface area contributed by atoms with Crippen LogP contribution in [-0.4, -0.2) is 39.1 Å². The lowest BCUT2D eigenvalue weighted by Gasteiger charge is -2.04. The number of hydrogen-bond acceptors (Lipinski definition) is 6. The highest BCUT2D eigenvalue weighted by Crippen LogP contribution is 2.29. The van der Waals surface area contributed by atoms with Crippen molar-refractivity contribution in [3.8, 4) is 0 Å². The van der Waals surface area contributed by atoms with Gasteiger partial charge in [-0.15, -0.1) is 11.3 Å². The molecular formula is C8H8ClNO6S2. The first-order valence-electron chi connectivity index (χ1n) is 4.37. The number of thiophene rings is 1. The van der Waals surface area contributed by atoms with Crippen molar-refractivity contribution in [3.05, 3.63) is 15.3 Å². The minimum atomic E-state index is -4.13. The zero-order valence-electron chi connectivity index (χ0n) is 8.97. The number of hydrogen-bond donors (Lipinski definition) is 2. The van der Waals surface area contributed by atoms with E-state index in [1.54, 1.807) is 0 Å². The van der Waals surface area contributed by atoms with Gasteiger partial charge in [-0.25, -0.2) is 13.2 Å². The van der Waals surface area contributed by atoms with Crippen LogP contribution in [0.15, 0.2) is 11.0 Å². The number of esters is 1. The number of carbonyl (C=O) groups is 2. The maximum Gasteiger partial charge on any atom is 0.347 e. The molecule has 0 atom stereocenters. The summed E-state index contributed by atoms with van der Waals surface area (Å²) in [6, 6.07) is 1.01. The number of carbonyl (C=O) groups excluding carboxylic acids is 1. The van der Waals surface area contributed by atoms with Crippen molar-refractivity contribution in [1.82, 2.24) is 4.72 Å². The molecule has 0 fully saturated rings. The molecule has 0 saturated heterocycles. The Balaban J connectivity index is 3.05. The summed E-state index contributed by atoms with van der Waals surface area (Å²) in [5.41, 5.74) is 0. The Morgan fingerprint density at radius 1 is 1.56 bits per heavy atom. The van der Waals surface area contributed by atoms with Crippen molar-refractivity contribution >= 4 is 44.9 Å². The molecule has 0 unspecified atom stereocenters. The molecule has 18 heavy (non-hydrogen) atoms. The fourth-order valence-corrected chi connectivity index (χ4v) is 3.62. The summed E-state index contributed by atoms with van der Waals surface area (Å²) in [5.74, 6) is -2.21. The molecule has 1 rings (SSSR count). The third-order valence-corrected chi connectivity index (χ3v) is 4.59. The van der Waals surface area contributed by atoms with Crippen LogP contribution in [0.3, 0.4) is 0 Å². The lowest BCUT2D eigenvalue weighted by molar-refractivity contribution is -0.139. The van der Waals surface area contributed by atoms with Gasteiger partial charge in [-0.05, 0) is 6.07 Å². The van der Waals surface area contributed by atoms with E-state index in [0.29, 0.717) is 11.3 Å². The maximum atomic E-state index is 11.8. The van der Waals surface area contributed by atoms with Crippen LogP contribution in [0.2, 0.25) is 4.34 Å². The third-order valence-electron chi connectivity index (χ3n) is 1.79. The molecular weight excluding hydrogens is 306 g/mol. The highest BCUT2D eigenvalue weighted by Gasteiger charge is 2.26. The molecule has 2 N–H and O–H groups in total. The molecule has 0 aliphatic rings. The van der Waals surface area contributed by atoms with E-state index in [1.165, 1.54) is 0 Å². The van der Waals surface area contributed by atoms with Crippen LogP contribution in [0.1, 0.15) is 9.67 Å². The number of rotatable bonds is 5. The van der Waals surface area contributed by atoms with Gasteiger partial charge in [0.25, 0.3) is 0 Å². The summed E-state index contributed by atoms with van der Waals surface area (Å²) in [5, 5.41) is 8.83. The molecule has 1 aromatic heterocycles. The number of halogens is 1. The summed E-state index contributed by atoms with van der Waals surface area (Å²) >= 11 is 6.20. The van der Waals surface area contributed by atoms with Crippen LogP contribution in [0.5, 0.6) is 0 Å². The fourth-order valence-electron chi connectivity index (χ4n) is 0.998. The highest BCUT2D eigenvalue weighted by atomic mass is 35.5. The molecule has 1 aromatic rings. The monoisotopic (exact) mass is 313 g/mol. The van der Waals surface area contributed by atoms with E-state index in [0.717, 1.165) is 13.2 Å². The summed E-state index contributed by atoms with van der Waals surface area (Å²) in [6.45, 7) is -0.592. The molecule has 0 bridgehead atoms. The smallest absolute Gasteiger partial charge is 0.347 e. The highest BCUT2D eigenvalue weighted by molar-refractivity contribution is 7.89. The Hall–Kier alpha value is -1.16. The quantitative estimate of drug-likeness (QED) is 0.768. The van der Waals surface area contributed by atoms with Crippen LogP contribution in [-0.2, 0) is 19.6 Å². The number of carboxylic acid groups (broad SMARTS) is 1. The van der Waals surface area contributed by atoms with E-state index in [1.807, 2.05) is 4.72 Å². The van der Waals surface area contributed by atoms with Gasteiger partial charge in [0.1, 0.15) is 16.3 Å². The molecule has 10 heteroatoms. The Bertz CT molecular complexity index is 578. The zero-order chi connectivity index (χ0) is 13.9. The molecule has 0 aromatic carbocycles. The maximum absolute atomic E-state index is 11.8. The van der Waals surface area contributed by atoms with E-state index in [9.17, 15) is 18.0 Å². The Kier molecular flexibility index (Phi) is 4.68. The van der Waals surface area contributed by atoms with Crippen LogP contribution < -0.4 is 4.72 Å². The second kappa shape index (κ2) is 5.65. The number of ether oxygens (including phenoxy) is 1. The van der Waals surface area contributed by atoms with Gasteiger partial charge < -0.3 is 9.84 Å². The summed E-state index contributed by atoms with van der Waals surface area (Å²) in [6.07, 6.45) is 0. The van der Waals surface area contributed by atoms with Gasteiger partial charge >= 0.3 is 11.9 Å². The number of aromatic carboxylic acids is 1. The minimum absolute atomic E-state index is 0.0193. The third kappa shape index (κ3) is 3.42. The van der Waals surface area contributed by atoms with Gasteiger partial charge in [0, 0.05) is 0 Å². The topological polar surface area (TPSA) is 110 Å². The molecule has 0 spiro atoms. The van der Waals surface area contributed by atoms with Crippen molar-refractivity contribution in [3.63, 3.8) is 0 Å². The van der Waals surface area contributed by atoms with E-state index in [2.05, 4.69) is 4.74 Å². The lowest BCUT2D eigenvalue weighted by atomic mass is 10.5. The number of carboxylic acids is 1. The van der Waals surface area contributed by atoms with Gasteiger partial charge in [-0.3, -0.25) is 4.79 Å². The van der Waals surface area contributed by atoms with Gasteiger partial charge in [0.2, 0.25) is 10.0 Å². The van der Waals surface area contributed by atoms with Crippen molar-refractivity contribution in [2.45, 2.75) is 4.90 Å². The predicted molar refractivity (Wildman–Crippen MR) is 63.5 cm³/mol. The van der Waals surface area contributed by atoms with Crippen LogP contribution in [0.25, 0.3) is 0 Å². The molecule has 0 aliphatic heterocycles. The summed E-state index contributed by atoms with van der Waals surface area (Å²) in [7, 11) is -3.03. The molecule has 0 aliphatic carbocycles. The minimum Gasteiger partial charge on any atom is -0.477 e. The predicted octanol–water partition coefficient (Wildman–Crippen LogP) is 0.551. The van der Waals surface area contributed by atoms with Crippen molar-refractivity contribution in [2.75, 3.05) is 13.7 Å². The number of sulfonamides is 1. The zero-order valence-corrected chi connectivity index (χ0v) is 11.4. The molecule has 1 heterocycles. The second-order valence-electron chi connectivity index (χ2n) is 2.95. The van der Waals surface area contributed by atoms with E-state index in [4.69, 9.17) is 16.7 Å². The van der Waals surface area contributed by atoms with Crippen molar-refractivity contribution in [1.29, 1.82) is 0 Å². The van der Waals surface area contributed by atoms with E-state index >= 15 is 0 Å². The van der Waals surface area contributed by atoms with Crippen LogP contribution >= 0.6 is 22.9 Å². The number of nitrogens with one attached hydrogen (secondary N) is 1. The van der Waals surface area contributed by atoms with Crippen molar-refractivity contribution in [2.24, 2.45) is 0 Å². The first-order chi connectivity index (χ1) is 8.27. The normalized spacial score (nSPS) is 11.2. The van der Waals surface area contributed by atoms with Gasteiger partial charge in [0.15, 0.2) is 0 Å². The SMILES string of the molecule is COC(=O)CNS(=O)(=O)c1cc(Cl)sc1C(=O)O. The molecule has 0 radical (unpaired) electrons. The standard InChI is InChI=1S/C8H8ClNO6S2/c1-16-6(11)3-10-18(14,15)4-2-5(9)17-7(4)8(12)13/h2,10H,3H2,1H3,(H,12,13). The molecule has 100 valence electrons. The molecule has 7 nitrogen and oxygen atoms in total. The first-order valence-corrected chi connectivity index (χ1v) is 7.05. The van der Waals surface area contributed by atoms with Crippen LogP contribution in [0, 0.1) is 0 Å².